The molecule has 3 aromatic heterocycles. The van der Waals surface area contributed by atoms with Crippen molar-refractivity contribution in [3.05, 3.63) is 61.5 Å². The van der Waals surface area contributed by atoms with E-state index in [1.54, 1.807) is 12.5 Å². The lowest BCUT2D eigenvalue weighted by Gasteiger charge is -2.23. The largest absolute Gasteiger partial charge is 0.349 e. The third-order valence-corrected chi connectivity index (χ3v) is 4.65. The molecule has 3 heterocycles. The predicted octanol–water partition coefficient (Wildman–Crippen LogP) is 3.26. The number of aromatic nitrogens is 4. The molecule has 1 aliphatic carbocycles. The van der Waals surface area contributed by atoms with Crippen LogP contribution >= 0.6 is 0 Å². The highest BCUT2D eigenvalue weighted by Gasteiger charge is 2.22. The number of hydrogen-bond acceptors (Lipinski definition) is 4. The van der Waals surface area contributed by atoms with Crippen LogP contribution in [0, 0.1) is 0 Å². The van der Waals surface area contributed by atoms with Crippen LogP contribution in [0.2, 0.25) is 0 Å². The molecule has 0 aliphatic heterocycles. The normalized spacial score (nSPS) is 16.9. The van der Waals surface area contributed by atoms with E-state index < -0.39 is 0 Å². The van der Waals surface area contributed by atoms with E-state index >= 15 is 0 Å². The Morgan fingerprint density at radius 2 is 2.31 bits per heavy atom. The molecule has 6 heteroatoms. The lowest BCUT2D eigenvalue weighted by molar-refractivity contribution is -0.117. The maximum absolute atomic E-state index is 11.6. The number of aromatic amines is 1. The van der Waals surface area contributed by atoms with E-state index in [4.69, 9.17) is 0 Å². The molecule has 1 unspecified atom stereocenters. The van der Waals surface area contributed by atoms with Crippen molar-refractivity contribution in [2.45, 2.75) is 25.3 Å². The summed E-state index contributed by atoms with van der Waals surface area (Å²) in [6, 6.07) is 4.03. The van der Waals surface area contributed by atoms with E-state index in [1.165, 1.54) is 6.08 Å². The third kappa shape index (κ3) is 3.01. The zero-order valence-electron chi connectivity index (χ0n) is 14.3. The van der Waals surface area contributed by atoms with Gasteiger partial charge in [-0.2, -0.15) is 0 Å². The molecule has 0 saturated carbocycles. The van der Waals surface area contributed by atoms with Gasteiger partial charge in [0, 0.05) is 35.8 Å². The second-order valence-electron chi connectivity index (χ2n) is 6.31. The average molecular weight is 345 g/mol. The van der Waals surface area contributed by atoms with E-state index in [-0.39, 0.29) is 11.9 Å². The number of nitrogens with one attached hydrogen (secondary N) is 2. The molecular formula is C20H19N5O. The van der Waals surface area contributed by atoms with Gasteiger partial charge in [-0.3, -0.25) is 9.78 Å². The third-order valence-electron chi connectivity index (χ3n) is 4.65. The number of pyridine rings is 1. The highest BCUT2D eigenvalue weighted by molar-refractivity contribution is 6.00. The number of nitrogens with zero attached hydrogens (tertiary/aromatic N) is 3. The summed E-state index contributed by atoms with van der Waals surface area (Å²) in [6.07, 6.45) is 13.2. The van der Waals surface area contributed by atoms with Crippen molar-refractivity contribution in [3.63, 3.8) is 0 Å². The van der Waals surface area contributed by atoms with Crippen molar-refractivity contribution in [3.8, 4) is 11.1 Å². The van der Waals surface area contributed by atoms with Gasteiger partial charge in [0.2, 0.25) is 5.91 Å². The highest BCUT2D eigenvalue weighted by Crippen LogP contribution is 2.35. The van der Waals surface area contributed by atoms with Crippen LogP contribution in [0.5, 0.6) is 0 Å². The predicted molar refractivity (Wildman–Crippen MR) is 101 cm³/mol. The van der Waals surface area contributed by atoms with E-state index in [9.17, 15) is 4.79 Å². The van der Waals surface area contributed by atoms with Crippen molar-refractivity contribution in [2.75, 3.05) is 0 Å². The molecule has 0 fully saturated rings. The molecule has 130 valence electrons. The van der Waals surface area contributed by atoms with Crippen LogP contribution in [0.4, 0.5) is 0 Å². The summed E-state index contributed by atoms with van der Waals surface area (Å²) >= 11 is 0. The molecule has 4 rings (SSSR count). The lowest BCUT2D eigenvalue weighted by Crippen LogP contribution is -2.34. The Kier molecular flexibility index (Phi) is 4.31. The van der Waals surface area contributed by atoms with E-state index in [0.717, 1.165) is 52.7 Å². The van der Waals surface area contributed by atoms with E-state index in [2.05, 4.69) is 37.9 Å². The standard InChI is InChI=1S/C20H19N5O/c1-2-17(26)25-15-7-3-5-13(9-15)19-18-16(14-6-4-8-21-10-14)11-22-20(18)24-12-23-19/h2,4-6,8,10-12,15H,1,3,7,9H2,(H,25,26)(H,22,23,24). The summed E-state index contributed by atoms with van der Waals surface area (Å²) < 4.78 is 0. The minimum Gasteiger partial charge on any atom is -0.349 e. The Morgan fingerprint density at radius 3 is 3.12 bits per heavy atom. The molecule has 3 aromatic rings. The van der Waals surface area contributed by atoms with Crippen LogP contribution < -0.4 is 5.32 Å². The first kappa shape index (κ1) is 16.2. The van der Waals surface area contributed by atoms with Crippen molar-refractivity contribution in [2.24, 2.45) is 0 Å². The molecule has 1 aliphatic rings. The van der Waals surface area contributed by atoms with Crippen LogP contribution in [-0.2, 0) is 4.79 Å². The molecular weight excluding hydrogens is 326 g/mol. The van der Waals surface area contributed by atoms with Gasteiger partial charge in [0.15, 0.2) is 0 Å². The molecule has 26 heavy (non-hydrogen) atoms. The Bertz CT molecular complexity index is 990. The number of fused-ring (bicyclic) bond motifs is 1. The zero-order valence-corrected chi connectivity index (χ0v) is 14.3. The summed E-state index contributed by atoms with van der Waals surface area (Å²) in [5.41, 5.74) is 4.88. The smallest absolute Gasteiger partial charge is 0.243 e. The molecule has 0 aromatic carbocycles. The number of amides is 1. The van der Waals surface area contributed by atoms with Gasteiger partial charge >= 0.3 is 0 Å². The number of carbonyl (C=O) groups excluding carboxylic acids is 1. The number of allylic oxidation sites excluding steroid dienone is 1. The number of hydrogen-bond donors (Lipinski definition) is 2. The molecule has 1 atom stereocenters. The molecule has 0 spiro atoms. The van der Waals surface area contributed by atoms with Gasteiger partial charge in [-0.15, -0.1) is 0 Å². The average Bonchev–Trinajstić information content (AvgIpc) is 3.13. The Balaban J connectivity index is 1.75. The summed E-state index contributed by atoms with van der Waals surface area (Å²) in [7, 11) is 0. The zero-order chi connectivity index (χ0) is 17.9. The molecule has 0 bridgehead atoms. The van der Waals surface area contributed by atoms with Gasteiger partial charge in [-0.05, 0) is 37.0 Å². The highest BCUT2D eigenvalue weighted by atomic mass is 16.1. The van der Waals surface area contributed by atoms with Gasteiger partial charge in [-0.1, -0.05) is 18.7 Å². The lowest BCUT2D eigenvalue weighted by atomic mass is 9.90. The SMILES string of the molecule is C=CC(=O)NC1CCC=C(c2ncnc3[nH]cc(-c4cccnc4)c23)C1. The quantitative estimate of drug-likeness (QED) is 0.711. The fraction of sp³-hybridized carbons (Fsp3) is 0.200. The van der Waals surface area contributed by atoms with Gasteiger partial charge in [0.25, 0.3) is 0 Å². The summed E-state index contributed by atoms with van der Waals surface area (Å²) in [5, 5.41) is 3.99. The van der Waals surface area contributed by atoms with Crippen LogP contribution in [0.3, 0.4) is 0 Å². The van der Waals surface area contributed by atoms with Gasteiger partial charge in [-0.25, -0.2) is 9.97 Å². The maximum Gasteiger partial charge on any atom is 0.243 e. The molecule has 6 nitrogen and oxygen atoms in total. The van der Waals surface area contributed by atoms with Gasteiger partial charge in [0.05, 0.1) is 11.1 Å². The number of carbonyl (C=O) groups is 1. The van der Waals surface area contributed by atoms with Crippen LogP contribution in [0.1, 0.15) is 25.0 Å². The molecule has 2 N–H and O–H groups in total. The van der Waals surface area contributed by atoms with E-state index in [0.29, 0.717) is 0 Å². The second-order valence-corrected chi connectivity index (χ2v) is 6.31. The number of rotatable bonds is 4. The minimum atomic E-state index is -0.137. The molecule has 0 radical (unpaired) electrons. The Morgan fingerprint density at radius 1 is 1.38 bits per heavy atom. The monoisotopic (exact) mass is 345 g/mol. The fourth-order valence-electron chi connectivity index (χ4n) is 3.44. The Hall–Kier alpha value is -3.28. The van der Waals surface area contributed by atoms with Crippen LogP contribution in [-0.4, -0.2) is 31.9 Å². The second kappa shape index (κ2) is 6.92. The Labute approximate surface area is 151 Å². The van der Waals surface area contributed by atoms with Crippen LogP contribution in [0.25, 0.3) is 27.7 Å². The minimum absolute atomic E-state index is 0.0892. The van der Waals surface area contributed by atoms with Crippen LogP contribution in [0.15, 0.2) is 55.8 Å². The molecule has 1 amide bonds. The van der Waals surface area contributed by atoms with Crippen molar-refractivity contribution >= 4 is 22.5 Å². The first-order chi connectivity index (χ1) is 12.8. The fourth-order valence-corrected chi connectivity index (χ4v) is 3.44. The summed E-state index contributed by atoms with van der Waals surface area (Å²) in [5.74, 6) is -0.137. The van der Waals surface area contributed by atoms with Gasteiger partial charge < -0.3 is 10.3 Å². The maximum atomic E-state index is 11.6. The molecule has 0 saturated heterocycles. The summed E-state index contributed by atoms with van der Waals surface area (Å²) in [6.45, 7) is 3.53. The van der Waals surface area contributed by atoms with Crippen molar-refractivity contribution < 1.29 is 4.79 Å². The first-order valence-corrected chi connectivity index (χ1v) is 8.61. The van der Waals surface area contributed by atoms with Gasteiger partial charge in [0.1, 0.15) is 12.0 Å². The first-order valence-electron chi connectivity index (χ1n) is 8.61. The van der Waals surface area contributed by atoms with Crippen molar-refractivity contribution in [1.29, 1.82) is 0 Å². The number of H-pyrrole nitrogens is 1. The van der Waals surface area contributed by atoms with Crippen molar-refractivity contribution in [1.82, 2.24) is 25.3 Å². The summed E-state index contributed by atoms with van der Waals surface area (Å²) in [4.78, 5) is 28.0. The van der Waals surface area contributed by atoms with E-state index in [1.807, 2.05) is 24.5 Å². The topological polar surface area (TPSA) is 83.6 Å².